The molecule has 0 aromatic heterocycles. The average Bonchev–Trinajstić information content (AvgIpc) is 3.05. The second kappa shape index (κ2) is 9.53. The van der Waals surface area contributed by atoms with Gasteiger partial charge in [-0.3, -0.25) is 9.59 Å². The van der Waals surface area contributed by atoms with Gasteiger partial charge in [0.2, 0.25) is 5.91 Å². The van der Waals surface area contributed by atoms with Crippen molar-refractivity contribution in [3.05, 3.63) is 71.8 Å². The van der Waals surface area contributed by atoms with Gasteiger partial charge >= 0.3 is 0 Å². The third-order valence-corrected chi connectivity index (χ3v) is 4.84. The molecule has 27 heavy (non-hydrogen) atoms. The predicted octanol–water partition coefficient (Wildman–Crippen LogP) is 2.57. The van der Waals surface area contributed by atoms with Gasteiger partial charge in [0, 0.05) is 43.1 Å². The summed E-state index contributed by atoms with van der Waals surface area (Å²) in [5.41, 5.74) is 8.03. The van der Waals surface area contributed by atoms with E-state index in [9.17, 15) is 9.59 Å². The summed E-state index contributed by atoms with van der Waals surface area (Å²) in [7, 11) is 0. The van der Waals surface area contributed by atoms with E-state index in [1.165, 1.54) is 5.56 Å². The summed E-state index contributed by atoms with van der Waals surface area (Å²) in [6.45, 7) is 3.03. The number of benzene rings is 2. The van der Waals surface area contributed by atoms with Gasteiger partial charge in [-0.1, -0.05) is 48.5 Å². The van der Waals surface area contributed by atoms with E-state index in [0.29, 0.717) is 18.7 Å². The van der Waals surface area contributed by atoms with Crippen molar-refractivity contribution in [3.63, 3.8) is 0 Å². The molecule has 2 amide bonds. The fourth-order valence-corrected chi connectivity index (χ4v) is 3.42. The van der Waals surface area contributed by atoms with Crippen LogP contribution in [0.4, 0.5) is 0 Å². The Morgan fingerprint density at radius 1 is 1.07 bits per heavy atom. The van der Waals surface area contributed by atoms with Crippen LogP contribution in [0.1, 0.15) is 35.2 Å². The highest BCUT2D eigenvalue weighted by Crippen LogP contribution is 2.26. The number of halogens is 1. The molecule has 1 aliphatic rings. The van der Waals surface area contributed by atoms with Gasteiger partial charge in [0.15, 0.2) is 0 Å². The number of hydrogen-bond acceptors (Lipinski definition) is 3. The summed E-state index contributed by atoms with van der Waals surface area (Å²) in [5, 5.41) is 2.89. The van der Waals surface area contributed by atoms with Crippen LogP contribution in [0.5, 0.6) is 0 Å². The van der Waals surface area contributed by atoms with Gasteiger partial charge < -0.3 is 16.0 Å². The first-order valence-corrected chi connectivity index (χ1v) is 8.99. The van der Waals surface area contributed by atoms with Gasteiger partial charge in [-0.15, -0.1) is 12.4 Å². The number of rotatable bonds is 5. The summed E-state index contributed by atoms with van der Waals surface area (Å²) in [6.07, 6.45) is 0.271. The van der Waals surface area contributed by atoms with Crippen LogP contribution in [0, 0.1) is 0 Å². The van der Waals surface area contributed by atoms with E-state index in [-0.39, 0.29) is 48.6 Å². The van der Waals surface area contributed by atoms with E-state index in [4.69, 9.17) is 5.73 Å². The van der Waals surface area contributed by atoms with Gasteiger partial charge in [-0.2, -0.15) is 0 Å². The molecule has 5 nitrogen and oxygen atoms in total. The molecular weight excluding hydrogens is 362 g/mol. The van der Waals surface area contributed by atoms with Crippen LogP contribution < -0.4 is 11.1 Å². The van der Waals surface area contributed by atoms with Crippen LogP contribution in [0.15, 0.2) is 60.7 Å². The summed E-state index contributed by atoms with van der Waals surface area (Å²) in [4.78, 5) is 26.6. The normalized spacial score (nSPS) is 19.9. The third kappa shape index (κ3) is 5.31. The smallest absolute Gasteiger partial charge is 0.251 e. The Bertz CT molecular complexity index is 755. The third-order valence-electron chi connectivity index (χ3n) is 4.84. The van der Waals surface area contributed by atoms with Crippen LogP contribution in [-0.2, 0) is 4.79 Å². The second-order valence-electron chi connectivity index (χ2n) is 6.92. The molecule has 0 bridgehead atoms. The highest BCUT2D eigenvalue weighted by molar-refractivity contribution is 5.94. The van der Waals surface area contributed by atoms with Crippen LogP contribution in [0.2, 0.25) is 0 Å². The number of nitrogens with zero attached hydrogens (tertiary/aromatic N) is 1. The molecule has 0 aliphatic carbocycles. The number of nitrogens with two attached hydrogens (primary N) is 1. The monoisotopic (exact) mass is 387 g/mol. The maximum Gasteiger partial charge on any atom is 0.251 e. The van der Waals surface area contributed by atoms with Crippen molar-refractivity contribution < 1.29 is 9.59 Å². The lowest BCUT2D eigenvalue weighted by molar-refractivity contribution is -0.130. The van der Waals surface area contributed by atoms with Crippen LogP contribution in [0.3, 0.4) is 0 Å². The Balaban J connectivity index is 0.00000261. The molecular formula is C21H26ClN3O2. The molecule has 1 heterocycles. The highest BCUT2D eigenvalue weighted by Gasteiger charge is 2.34. The Hall–Kier alpha value is -2.37. The molecule has 0 radical (unpaired) electrons. The Morgan fingerprint density at radius 3 is 2.30 bits per heavy atom. The molecule has 1 saturated heterocycles. The van der Waals surface area contributed by atoms with E-state index >= 15 is 0 Å². The SMILES string of the molecule is CC(CC(=O)N1C[C@@H](N)[C@H](c2ccccc2)C1)NC(=O)c1ccccc1.Cl. The summed E-state index contributed by atoms with van der Waals surface area (Å²) < 4.78 is 0. The van der Waals surface area contributed by atoms with Crippen molar-refractivity contribution >= 4 is 24.2 Å². The molecule has 3 atom stereocenters. The van der Waals surface area contributed by atoms with E-state index < -0.39 is 0 Å². The number of hydrogen-bond donors (Lipinski definition) is 2. The average molecular weight is 388 g/mol. The zero-order valence-electron chi connectivity index (χ0n) is 15.4. The van der Waals surface area contributed by atoms with Crippen molar-refractivity contribution in [2.45, 2.75) is 31.3 Å². The first-order chi connectivity index (χ1) is 12.5. The van der Waals surface area contributed by atoms with Crippen molar-refractivity contribution in [3.8, 4) is 0 Å². The maximum absolute atomic E-state index is 12.6. The molecule has 3 N–H and O–H groups in total. The lowest BCUT2D eigenvalue weighted by Crippen LogP contribution is -2.39. The van der Waals surface area contributed by atoms with Crippen LogP contribution in [-0.4, -0.2) is 41.9 Å². The fraction of sp³-hybridized carbons (Fsp3) is 0.333. The van der Waals surface area contributed by atoms with Crippen LogP contribution in [0.25, 0.3) is 0 Å². The number of carbonyl (C=O) groups is 2. The minimum Gasteiger partial charge on any atom is -0.349 e. The van der Waals surface area contributed by atoms with Gasteiger partial charge in [0.25, 0.3) is 5.91 Å². The molecule has 0 spiro atoms. The van der Waals surface area contributed by atoms with Crippen molar-refractivity contribution in [2.75, 3.05) is 13.1 Å². The number of likely N-dealkylation sites (tertiary alicyclic amines) is 1. The Labute approximate surface area is 166 Å². The molecule has 2 aromatic carbocycles. The van der Waals surface area contributed by atoms with Gasteiger partial charge in [0.1, 0.15) is 0 Å². The largest absolute Gasteiger partial charge is 0.349 e. The standard InChI is InChI=1S/C21H25N3O2.ClH/c1-15(23-21(26)17-10-6-3-7-11-17)12-20(25)24-13-18(19(22)14-24)16-8-4-2-5-9-16;/h2-11,15,18-19H,12-14,22H2,1H3,(H,23,26);1H/t15?,18-,19+;/m0./s1. The molecule has 0 saturated carbocycles. The molecule has 3 rings (SSSR count). The maximum atomic E-state index is 12.6. The minimum atomic E-state index is -0.234. The zero-order chi connectivity index (χ0) is 18.5. The first-order valence-electron chi connectivity index (χ1n) is 8.99. The fourth-order valence-electron chi connectivity index (χ4n) is 3.42. The lowest BCUT2D eigenvalue weighted by atomic mass is 9.95. The van der Waals surface area contributed by atoms with E-state index in [1.807, 2.05) is 48.2 Å². The highest BCUT2D eigenvalue weighted by atomic mass is 35.5. The minimum absolute atomic E-state index is 0. The second-order valence-corrected chi connectivity index (χ2v) is 6.92. The van der Waals surface area contributed by atoms with Gasteiger partial charge in [-0.05, 0) is 24.6 Å². The zero-order valence-corrected chi connectivity index (χ0v) is 16.2. The van der Waals surface area contributed by atoms with Gasteiger partial charge in [-0.25, -0.2) is 0 Å². The molecule has 144 valence electrons. The summed E-state index contributed by atoms with van der Waals surface area (Å²) in [5.74, 6) is 0.0281. The number of carbonyl (C=O) groups excluding carboxylic acids is 2. The number of nitrogens with one attached hydrogen (secondary N) is 1. The van der Waals surface area contributed by atoms with E-state index in [0.717, 1.165) is 0 Å². The van der Waals surface area contributed by atoms with Crippen LogP contribution >= 0.6 is 12.4 Å². The van der Waals surface area contributed by atoms with Gasteiger partial charge in [0.05, 0.1) is 0 Å². The topological polar surface area (TPSA) is 75.4 Å². The summed E-state index contributed by atoms with van der Waals surface area (Å²) >= 11 is 0. The van der Waals surface area contributed by atoms with E-state index in [2.05, 4.69) is 17.4 Å². The molecule has 6 heteroatoms. The Kier molecular flexibility index (Phi) is 7.39. The first kappa shape index (κ1) is 20.9. The lowest BCUT2D eigenvalue weighted by Gasteiger charge is -2.20. The van der Waals surface area contributed by atoms with Crippen molar-refractivity contribution in [1.82, 2.24) is 10.2 Å². The van der Waals surface area contributed by atoms with E-state index in [1.54, 1.807) is 12.1 Å². The molecule has 1 aliphatic heterocycles. The quantitative estimate of drug-likeness (QED) is 0.827. The molecule has 2 aromatic rings. The van der Waals surface area contributed by atoms with Crippen molar-refractivity contribution in [2.24, 2.45) is 5.73 Å². The molecule has 1 fully saturated rings. The predicted molar refractivity (Wildman–Crippen MR) is 109 cm³/mol. The van der Waals surface area contributed by atoms with Crippen molar-refractivity contribution in [1.29, 1.82) is 0 Å². The molecule has 1 unspecified atom stereocenters. The Morgan fingerprint density at radius 2 is 1.67 bits per heavy atom. The summed E-state index contributed by atoms with van der Waals surface area (Å²) in [6, 6.07) is 18.8. The number of amides is 2.